The SMILES string of the molecule is Cn1nc(CN)c(Cl)c1C(F)(F)F. The molecular formula is C6H7ClF3N3. The van der Waals surface area contributed by atoms with Gasteiger partial charge in [-0.2, -0.15) is 18.3 Å². The van der Waals surface area contributed by atoms with Crippen molar-refractivity contribution in [2.45, 2.75) is 12.7 Å². The zero-order valence-electron chi connectivity index (χ0n) is 6.69. The van der Waals surface area contributed by atoms with Crippen LogP contribution in [-0.2, 0) is 19.8 Å². The number of nitrogens with two attached hydrogens (primary N) is 1. The highest BCUT2D eigenvalue weighted by molar-refractivity contribution is 6.32. The van der Waals surface area contributed by atoms with Crippen molar-refractivity contribution in [3.63, 3.8) is 0 Å². The first-order valence-electron chi connectivity index (χ1n) is 3.36. The Bertz CT molecular complexity index is 318. The van der Waals surface area contributed by atoms with Crippen LogP contribution in [0.15, 0.2) is 0 Å². The standard InChI is InChI=1S/C6H7ClF3N3/c1-13-5(6(8,9)10)4(7)3(2-11)12-13/h2,11H2,1H3. The van der Waals surface area contributed by atoms with Gasteiger partial charge in [-0.3, -0.25) is 4.68 Å². The van der Waals surface area contributed by atoms with Crippen molar-refractivity contribution in [3.05, 3.63) is 16.4 Å². The lowest BCUT2D eigenvalue weighted by atomic mass is 10.3. The number of nitrogens with zero attached hydrogens (tertiary/aromatic N) is 2. The lowest BCUT2D eigenvalue weighted by Gasteiger charge is -2.06. The molecule has 0 aliphatic rings. The number of halogens is 4. The number of rotatable bonds is 1. The van der Waals surface area contributed by atoms with Gasteiger partial charge in [-0.1, -0.05) is 11.6 Å². The highest BCUT2D eigenvalue weighted by Crippen LogP contribution is 2.35. The van der Waals surface area contributed by atoms with Crippen molar-refractivity contribution >= 4 is 11.6 Å². The summed E-state index contributed by atoms with van der Waals surface area (Å²) < 4.78 is 37.5. The third-order valence-corrected chi connectivity index (χ3v) is 1.91. The van der Waals surface area contributed by atoms with Crippen molar-refractivity contribution in [2.24, 2.45) is 12.8 Å². The lowest BCUT2D eigenvalue weighted by Crippen LogP contribution is -2.12. The van der Waals surface area contributed by atoms with Gasteiger partial charge in [0.25, 0.3) is 0 Å². The maximum Gasteiger partial charge on any atom is 0.434 e. The third-order valence-electron chi connectivity index (χ3n) is 1.52. The Morgan fingerprint density at radius 1 is 1.54 bits per heavy atom. The molecule has 0 amide bonds. The van der Waals surface area contributed by atoms with E-state index in [2.05, 4.69) is 5.10 Å². The van der Waals surface area contributed by atoms with E-state index in [4.69, 9.17) is 17.3 Å². The highest BCUT2D eigenvalue weighted by atomic mass is 35.5. The highest BCUT2D eigenvalue weighted by Gasteiger charge is 2.38. The lowest BCUT2D eigenvalue weighted by molar-refractivity contribution is -0.143. The molecule has 0 radical (unpaired) electrons. The summed E-state index contributed by atoms with van der Waals surface area (Å²) in [7, 11) is 1.17. The Hall–Kier alpha value is -0.750. The molecule has 74 valence electrons. The van der Waals surface area contributed by atoms with Gasteiger partial charge < -0.3 is 5.73 Å². The van der Waals surface area contributed by atoms with Crippen LogP contribution in [0.25, 0.3) is 0 Å². The molecule has 0 atom stereocenters. The van der Waals surface area contributed by atoms with E-state index in [1.165, 1.54) is 7.05 Å². The fourth-order valence-corrected chi connectivity index (χ4v) is 1.34. The summed E-state index contributed by atoms with van der Waals surface area (Å²) in [4.78, 5) is 0. The quantitative estimate of drug-likeness (QED) is 0.769. The first kappa shape index (κ1) is 10.3. The number of alkyl halides is 3. The van der Waals surface area contributed by atoms with Crippen molar-refractivity contribution in [2.75, 3.05) is 0 Å². The Balaban J connectivity index is 3.29. The van der Waals surface area contributed by atoms with E-state index in [1.807, 2.05) is 0 Å². The Morgan fingerprint density at radius 2 is 2.08 bits per heavy atom. The van der Waals surface area contributed by atoms with Crippen LogP contribution in [0.4, 0.5) is 13.2 Å². The van der Waals surface area contributed by atoms with Gasteiger partial charge >= 0.3 is 6.18 Å². The zero-order chi connectivity index (χ0) is 10.2. The van der Waals surface area contributed by atoms with Crippen LogP contribution in [0.5, 0.6) is 0 Å². The molecule has 0 aliphatic heterocycles. The largest absolute Gasteiger partial charge is 0.434 e. The van der Waals surface area contributed by atoms with Gasteiger partial charge in [0.05, 0.1) is 10.7 Å². The molecule has 2 N–H and O–H groups in total. The molecule has 0 fully saturated rings. The van der Waals surface area contributed by atoms with Crippen LogP contribution in [0.1, 0.15) is 11.4 Å². The minimum atomic E-state index is -4.49. The molecule has 0 saturated heterocycles. The molecule has 3 nitrogen and oxygen atoms in total. The molecule has 0 saturated carbocycles. The van der Waals surface area contributed by atoms with E-state index in [9.17, 15) is 13.2 Å². The van der Waals surface area contributed by atoms with E-state index >= 15 is 0 Å². The smallest absolute Gasteiger partial charge is 0.325 e. The molecule has 0 spiro atoms. The van der Waals surface area contributed by atoms with Crippen molar-refractivity contribution in [1.29, 1.82) is 0 Å². The minimum Gasteiger partial charge on any atom is -0.325 e. The van der Waals surface area contributed by atoms with E-state index in [0.29, 0.717) is 4.68 Å². The van der Waals surface area contributed by atoms with Gasteiger partial charge in [0.15, 0.2) is 5.69 Å². The van der Waals surface area contributed by atoms with Crippen molar-refractivity contribution in [1.82, 2.24) is 9.78 Å². The molecule has 0 bridgehead atoms. The Labute approximate surface area is 77.3 Å². The average Bonchev–Trinajstić information content (AvgIpc) is 2.24. The van der Waals surface area contributed by atoms with E-state index in [-0.39, 0.29) is 12.2 Å². The van der Waals surface area contributed by atoms with Gasteiger partial charge in [0.2, 0.25) is 0 Å². The van der Waals surface area contributed by atoms with Crippen LogP contribution < -0.4 is 5.73 Å². The number of hydrogen-bond donors (Lipinski definition) is 1. The van der Waals surface area contributed by atoms with Crippen LogP contribution in [0.2, 0.25) is 5.02 Å². The second kappa shape index (κ2) is 3.19. The molecular weight excluding hydrogens is 207 g/mol. The molecule has 7 heteroatoms. The fraction of sp³-hybridized carbons (Fsp3) is 0.500. The maximum absolute atomic E-state index is 12.3. The fourth-order valence-electron chi connectivity index (χ4n) is 0.992. The molecule has 1 aromatic heterocycles. The summed E-state index contributed by atoms with van der Waals surface area (Å²) >= 11 is 5.43. The minimum absolute atomic E-state index is 0.0523. The van der Waals surface area contributed by atoms with Crippen LogP contribution in [-0.4, -0.2) is 9.78 Å². The average molecular weight is 214 g/mol. The maximum atomic E-state index is 12.3. The summed E-state index contributed by atoms with van der Waals surface area (Å²) in [5, 5.41) is 3.12. The number of aryl methyl sites for hydroxylation is 1. The Kier molecular flexibility index (Phi) is 2.53. The van der Waals surface area contributed by atoms with Gasteiger partial charge in [0, 0.05) is 13.6 Å². The van der Waals surface area contributed by atoms with E-state index in [1.54, 1.807) is 0 Å². The molecule has 1 aromatic rings. The number of aromatic nitrogens is 2. The van der Waals surface area contributed by atoms with Crippen LogP contribution >= 0.6 is 11.6 Å². The zero-order valence-corrected chi connectivity index (χ0v) is 7.45. The topological polar surface area (TPSA) is 43.8 Å². The van der Waals surface area contributed by atoms with E-state index in [0.717, 1.165) is 0 Å². The first-order valence-corrected chi connectivity index (χ1v) is 3.74. The van der Waals surface area contributed by atoms with Crippen molar-refractivity contribution in [3.8, 4) is 0 Å². The predicted octanol–water partition coefficient (Wildman–Crippen LogP) is 1.55. The molecule has 0 aliphatic carbocycles. The monoisotopic (exact) mass is 213 g/mol. The molecule has 0 unspecified atom stereocenters. The first-order chi connectivity index (χ1) is 5.88. The van der Waals surface area contributed by atoms with Gasteiger partial charge in [0.1, 0.15) is 0 Å². The van der Waals surface area contributed by atoms with E-state index < -0.39 is 16.9 Å². The van der Waals surface area contributed by atoms with Crippen molar-refractivity contribution < 1.29 is 13.2 Å². The van der Waals surface area contributed by atoms with Gasteiger partial charge in [-0.25, -0.2) is 0 Å². The summed E-state index contributed by atoms with van der Waals surface area (Å²) in [6.07, 6.45) is -4.49. The summed E-state index contributed by atoms with van der Waals surface area (Å²) in [5.41, 5.74) is 4.24. The van der Waals surface area contributed by atoms with Gasteiger partial charge in [-0.05, 0) is 0 Å². The second-order valence-electron chi connectivity index (χ2n) is 2.43. The summed E-state index contributed by atoms with van der Waals surface area (Å²) in [5.74, 6) is 0. The van der Waals surface area contributed by atoms with Gasteiger partial charge in [-0.15, -0.1) is 0 Å². The summed E-state index contributed by atoms with van der Waals surface area (Å²) in [6.45, 7) is -0.108. The second-order valence-corrected chi connectivity index (χ2v) is 2.81. The molecule has 0 aromatic carbocycles. The van der Waals surface area contributed by atoms with Crippen LogP contribution in [0, 0.1) is 0 Å². The van der Waals surface area contributed by atoms with Crippen LogP contribution in [0.3, 0.4) is 0 Å². The summed E-state index contributed by atoms with van der Waals surface area (Å²) in [6, 6.07) is 0. The predicted molar refractivity (Wildman–Crippen MR) is 41.1 cm³/mol. The third kappa shape index (κ3) is 1.78. The number of hydrogen-bond acceptors (Lipinski definition) is 2. The molecule has 1 rings (SSSR count). The molecule has 1 heterocycles. The molecule has 13 heavy (non-hydrogen) atoms. The normalized spacial score (nSPS) is 12.2. The Morgan fingerprint density at radius 3 is 2.31 bits per heavy atom.